The Labute approximate surface area is 122 Å². The Morgan fingerprint density at radius 3 is 3.00 bits per heavy atom. The fraction of sp³-hybridized carbons (Fsp3) is 0.571. The lowest BCUT2D eigenvalue weighted by atomic mass is 9.90. The number of anilines is 1. The van der Waals surface area contributed by atoms with Crippen LogP contribution in [0.5, 0.6) is 0 Å². The first-order chi connectivity index (χ1) is 9.65. The van der Waals surface area contributed by atoms with Gasteiger partial charge in [0.15, 0.2) is 0 Å². The van der Waals surface area contributed by atoms with Crippen molar-refractivity contribution in [2.24, 2.45) is 0 Å². The molecule has 0 radical (unpaired) electrons. The predicted octanol–water partition coefficient (Wildman–Crippen LogP) is 2.58. The third-order valence-corrected chi connectivity index (χ3v) is 4.25. The van der Waals surface area contributed by atoms with E-state index in [4.69, 9.17) is 21.4 Å². The molecule has 2 aliphatic rings. The van der Waals surface area contributed by atoms with Gasteiger partial charge >= 0.3 is 5.97 Å². The Morgan fingerprint density at radius 1 is 1.40 bits per heavy atom. The number of morpholine rings is 1. The maximum Gasteiger partial charge on any atom is 0.335 e. The Bertz CT molecular complexity index is 521. The molecule has 0 aromatic carbocycles. The molecular weight excluding hydrogens is 280 g/mol. The molecule has 6 heteroatoms. The highest BCUT2D eigenvalue weighted by molar-refractivity contribution is 6.29. The number of carbonyl (C=O) groups is 1. The van der Waals surface area contributed by atoms with Crippen molar-refractivity contribution in [2.75, 3.05) is 18.1 Å². The molecule has 2 heterocycles. The van der Waals surface area contributed by atoms with Crippen molar-refractivity contribution in [2.45, 2.75) is 37.8 Å². The van der Waals surface area contributed by atoms with Gasteiger partial charge in [-0.25, -0.2) is 9.78 Å². The highest BCUT2D eigenvalue weighted by atomic mass is 35.5. The van der Waals surface area contributed by atoms with E-state index < -0.39 is 5.97 Å². The molecule has 0 spiro atoms. The van der Waals surface area contributed by atoms with E-state index >= 15 is 0 Å². The first kappa shape index (κ1) is 13.6. The van der Waals surface area contributed by atoms with E-state index in [-0.39, 0.29) is 22.9 Å². The largest absolute Gasteiger partial charge is 0.478 e. The van der Waals surface area contributed by atoms with Crippen LogP contribution in [-0.4, -0.2) is 41.4 Å². The van der Waals surface area contributed by atoms with Gasteiger partial charge in [-0.2, -0.15) is 0 Å². The van der Waals surface area contributed by atoms with Crippen LogP contribution in [0.25, 0.3) is 0 Å². The van der Waals surface area contributed by atoms with Crippen LogP contribution in [0.1, 0.15) is 36.0 Å². The van der Waals surface area contributed by atoms with Crippen LogP contribution in [-0.2, 0) is 4.74 Å². The highest BCUT2D eigenvalue weighted by Gasteiger charge is 2.35. The molecule has 1 aliphatic heterocycles. The number of carboxylic acids is 1. The Balaban J connectivity index is 1.92. The summed E-state index contributed by atoms with van der Waals surface area (Å²) in [4.78, 5) is 17.6. The smallest absolute Gasteiger partial charge is 0.335 e. The van der Waals surface area contributed by atoms with Crippen LogP contribution in [0, 0.1) is 0 Å². The van der Waals surface area contributed by atoms with Crippen LogP contribution in [0.3, 0.4) is 0 Å². The van der Waals surface area contributed by atoms with Crippen molar-refractivity contribution in [1.82, 2.24) is 4.98 Å². The van der Waals surface area contributed by atoms with E-state index in [0.717, 1.165) is 19.4 Å². The number of aromatic nitrogens is 1. The number of hydrogen-bond acceptors (Lipinski definition) is 4. The van der Waals surface area contributed by atoms with Gasteiger partial charge < -0.3 is 14.7 Å². The van der Waals surface area contributed by atoms with Crippen molar-refractivity contribution in [1.29, 1.82) is 0 Å². The standard InChI is InChI=1S/C14H17ClN2O3/c15-12-7-9(14(18)19)8-13(16-12)17-5-6-20-11-4-2-1-3-10(11)17/h7-8,10-11H,1-6H2,(H,18,19). The second kappa shape index (κ2) is 5.58. The molecule has 2 fully saturated rings. The quantitative estimate of drug-likeness (QED) is 0.850. The van der Waals surface area contributed by atoms with Crippen LogP contribution < -0.4 is 4.90 Å². The maximum atomic E-state index is 11.1. The number of ether oxygens (including phenoxy) is 1. The number of carboxylic acid groups (broad SMARTS) is 1. The number of fused-ring (bicyclic) bond motifs is 1. The third kappa shape index (κ3) is 2.60. The van der Waals surface area contributed by atoms with E-state index in [1.165, 1.54) is 18.9 Å². The molecule has 3 rings (SSSR count). The zero-order chi connectivity index (χ0) is 14.1. The van der Waals surface area contributed by atoms with E-state index in [1.54, 1.807) is 6.07 Å². The Morgan fingerprint density at radius 2 is 2.20 bits per heavy atom. The normalized spacial score (nSPS) is 26.1. The number of hydrogen-bond donors (Lipinski definition) is 1. The van der Waals surface area contributed by atoms with Crippen molar-refractivity contribution < 1.29 is 14.6 Å². The second-order valence-corrected chi connectivity index (χ2v) is 5.68. The van der Waals surface area contributed by atoms with E-state index in [2.05, 4.69) is 9.88 Å². The summed E-state index contributed by atoms with van der Waals surface area (Å²) >= 11 is 5.96. The van der Waals surface area contributed by atoms with Crippen molar-refractivity contribution in [3.05, 3.63) is 22.8 Å². The average Bonchev–Trinajstić information content (AvgIpc) is 2.46. The summed E-state index contributed by atoms with van der Waals surface area (Å²) in [5.41, 5.74) is 0.179. The molecule has 2 atom stereocenters. The summed E-state index contributed by atoms with van der Waals surface area (Å²) in [6, 6.07) is 3.27. The fourth-order valence-corrected chi connectivity index (χ4v) is 3.34. The average molecular weight is 297 g/mol. The Hall–Kier alpha value is -1.33. The van der Waals surface area contributed by atoms with Crippen LogP contribution in [0.2, 0.25) is 5.15 Å². The molecular formula is C14H17ClN2O3. The number of aromatic carboxylic acids is 1. The number of nitrogens with zero attached hydrogens (tertiary/aromatic N) is 2. The van der Waals surface area contributed by atoms with Crippen LogP contribution >= 0.6 is 11.6 Å². The minimum absolute atomic E-state index is 0.179. The summed E-state index contributed by atoms with van der Waals surface area (Å²) in [5, 5.41) is 9.36. The van der Waals surface area contributed by atoms with Crippen molar-refractivity contribution in [3.63, 3.8) is 0 Å². The maximum absolute atomic E-state index is 11.1. The van der Waals surface area contributed by atoms with Gasteiger partial charge in [-0.05, 0) is 25.0 Å². The molecule has 0 amide bonds. The molecule has 1 aromatic heterocycles. The Kier molecular flexibility index (Phi) is 3.81. The number of pyridine rings is 1. The summed E-state index contributed by atoms with van der Waals surface area (Å²) < 4.78 is 5.82. The lowest BCUT2D eigenvalue weighted by molar-refractivity contribution is -0.00898. The molecule has 20 heavy (non-hydrogen) atoms. The summed E-state index contributed by atoms with van der Waals surface area (Å²) in [5.74, 6) is -0.334. The minimum atomic E-state index is -0.982. The molecule has 0 bridgehead atoms. The fourth-order valence-electron chi connectivity index (χ4n) is 3.13. The van der Waals surface area contributed by atoms with Crippen molar-refractivity contribution in [3.8, 4) is 0 Å². The van der Waals surface area contributed by atoms with Crippen LogP contribution in [0.15, 0.2) is 12.1 Å². The first-order valence-electron chi connectivity index (χ1n) is 6.94. The zero-order valence-corrected chi connectivity index (χ0v) is 11.8. The van der Waals surface area contributed by atoms with Gasteiger partial charge in [0.05, 0.1) is 24.3 Å². The van der Waals surface area contributed by atoms with Gasteiger partial charge in [-0.1, -0.05) is 24.4 Å². The van der Waals surface area contributed by atoms with Gasteiger partial charge in [0, 0.05) is 6.54 Å². The van der Waals surface area contributed by atoms with Gasteiger partial charge in [0.1, 0.15) is 11.0 Å². The van der Waals surface area contributed by atoms with Gasteiger partial charge in [-0.15, -0.1) is 0 Å². The molecule has 108 valence electrons. The molecule has 2 unspecified atom stereocenters. The zero-order valence-electron chi connectivity index (χ0n) is 11.1. The van der Waals surface area contributed by atoms with E-state index in [9.17, 15) is 4.79 Å². The molecule has 5 nitrogen and oxygen atoms in total. The van der Waals surface area contributed by atoms with Gasteiger partial charge in [-0.3, -0.25) is 0 Å². The van der Waals surface area contributed by atoms with Crippen molar-refractivity contribution >= 4 is 23.4 Å². The second-order valence-electron chi connectivity index (χ2n) is 5.30. The highest BCUT2D eigenvalue weighted by Crippen LogP contribution is 2.32. The first-order valence-corrected chi connectivity index (χ1v) is 7.32. The number of halogens is 1. The molecule has 1 N–H and O–H groups in total. The topological polar surface area (TPSA) is 62.7 Å². The van der Waals surface area contributed by atoms with Gasteiger partial charge in [0.2, 0.25) is 0 Å². The minimum Gasteiger partial charge on any atom is -0.478 e. The molecule has 1 aliphatic carbocycles. The number of rotatable bonds is 2. The lowest BCUT2D eigenvalue weighted by Gasteiger charge is -2.44. The van der Waals surface area contributed by atoms with Gasteiger partial charge in [0.25, 0.3) is 0 Å². The summed E-state index contributed by atoms with van der Waals surface area (Å²) in [6.45, 7) is 1.38. The summed E-state index contributed by atoms with van der Waals surface area (Å²) in [6.07, 6.45) is 4.71. The molecule has 1 aromatic rings. The van der Waals surface area contributed by atoms with E-state index in [0.29, 0.717) is 12.4 Å². The summed E-state index contributed by atoms with van der Waals surface area (Å²) in [7, 11) is 0. The molecule has 1 saturated carbocycles. The molecule has 1 saturated heterocycles. The third-order valence-electron chi connectivity index (χ3n) is 4.05. The lowest BCUT2D eigenvalue weighted by Crippen LogP contribution is -2.53. The van der Waals surface area contributed by atoms with E-state index in [1.807, 2.05) is 0 Å². The monoisotopic (exact) mass is 296 g/mol. The van der Waals surface area contributed by atoms with Crippen LogP contribution in [0.4, 0.5) is 5.82 Å². The SMILES string of the molecule is O=C(O)c1cc(Cl)nc(N2CCOC3CCCCC32)c1. The predicted molar refractivity (Wildman–Crippen MR) is 75.5 cm³/mol.